The van der Waals surface area contributed by atoms with Gasteiger partial charge in [0.1, 0.15) is 0 Å². The van der Waals surface area contributed by atoms with Gasteiger partial charge in [0.05, 0.1) is 11.7 Å². The van der Waals surface area contributed by atoms with Gasteiger partial charge in [0.2, 0.25) is 0 Å². The van der Waals surface area contributed by atoms with Crippen LogP contribution in [0.2, 0.25) is 0 Å². The summed E-state index contributed by atoms with van der Waals surface area (Å²) in [4.78, 5) is 0. The van der Waals surface area contributed by atoms with Crippen molar-refractivity contribution >= 4 is 11.8 Å². The lowest BCUT2D eigenvalue weighted by Gasteiger charge is -2.39. The van der Waals surface area contributed by atoms with Crippen LogP contribution in [0.4, 0.5) is 0 Å². The molecule has 2 heterocycles. The van der Waals surface area contributed by atoms with Crippen molar-refractivity contribution in [1.29, 1.82) is 0 Å². The highest BCUT2D eigenvalue weighted by molar-refractivity contribution is 7.99. The van der Waals surface area contributed by atoms with Gasteiger partial charge in [-0.25, -0.2) is 0 Å². The van der Waals surface area contributed by atoms with Crippen LogP contribution in [0, 0.1) is 19.8 Å². The van der Waals surface area contributed by atoms with Crippen molar-refractivity contribution in [2.75, 3.05) is 18.1 Å². The quantitative estimate of drug-likeness (QED) is 0.926. The van der Waals surface area contributed by atoms with E-state index in [0.717, 1.165) is 38.0 Å². The highest BCUT2D eigenvalue weighted by Gasteiger charge is 2.42. The van der Waals surface area contributed by atoms with Gasteiger partial charge in [0, 0.05) is 12.4 Å². The zero-order valence-electron chi connectivity index (χ0n) is 13.1. The number of hydrogen-bond acceptors (Lipinski definition) is 3. The average Bonchev–Trinajstić information content (AvgIpc) is 2.85. The maximum absolute atomic E-state index is 10.7. The molecule has 2 fully saturated rings. The molecule has 1 aromatic carbocycles. The lowest BCUT2D eigenvalue weighted by atomic mass is 9.80. The molecule has 1 spiro atoms. The number of rotatable bonds is 3. The van der Waals surface area contributed by atoms with Gasteiger partial charge in [-0.15, -0.1) is 0 Å². The van der Waals surface area contributed by atoms with Gasteiger partial charge in [-0.05, 0) is 56.8 Å². The van der Waals surface area contributed by atoms with Crippen molar-refractivity contribution in [3.05, 3.63) is 34.9 Å². The first-order valence-electron chi connectivity index (χ1n) is 8.03. The van der Waals surface area contributed by atoms with Crippen molar-refractivity contribution in [3.8, 4) is 0 Å². The topological polar surface area (TPSA) is 29.5 Å². The molecule has 2 nitrogen and oxygen atoms in total. The van der Waals surface area contributed by atoms with Gasteiger partial charge < -0.3 is 9.84 Å². The summed E-state index contributed by atoms with van der Waals surface area (Å²) in [5.74, 6) is 2.71. The molecule has 2 aliphatic rings. The molecule has 3 atom stereocenters. The van der Waals surface area contributed by atoms with Crippen LogP contribution in [0.1, 0.15) is 36.0 Å². The lowest BCUT2D eigenvalue weighted by molar-refractivity contribution is -0.101. The first kappa shape index (κ1) is 15.4. The minimum atomic E-state index is -0.238. The molecule has 3 rings (SSSR count). The first-order chi connectivity index (χ1) is 10.1. The summed E-state index contributed by atoms with van der Waals surface area (Å²) in [7, 11) is 0. The highest BCUT2D eigenvalue weighted by Crippen LogP contribution is 2.41. The number of benzene rings is 1. The summed E-state index contributed by atoms with van der Waals surface area (Å²) >= 11 is 1.99. The molecule has 21 heavy (non-hydrogen) atoms. The number of ether oxygens (including phenoxy) is 1. The normalized spacial score (nSPS) is 30.7. The zero-order chi connectivity index (χ0) is 14.9. The van der Waals surface area contributed by atoms with E-state index in [-0.39, 0.29) is 11.7 Å². The fourth-order valence-corrected chi connectivity index (χ4v) is 5.23. The summed E-state index contributed by atoms with van der Waals surface area (Å²) in [6, 6.07) is 6.60. The van der Waals surface area contributed by atoms with E-state index in [4.69, 9.17) is 4.74 Å². The Morgan fingerprint density at radius 3 is 2.76 bits per heavy atom. The van der Waals surface area contributed by atoms with Gasteiger partial charge in [-0.3, -0.25) is 0 Å². The standard InChI is InChI=1S/C18H26O2S/c1-13-7-14(2)9-15(8-13)10-17(19)16-3-5-20-18(11-16)4-6-21-12-18/h7-9,16-17,19H,3-6,10-12H2,1-2H3. The summed E-state index contributed by atoms with van der Waals surface area (Å²) in [5.41, 5.74) is 3.90. The van der Waals surface area contributed by atoms with E-state index in [2.05, 4.69) is 32.0 Å². The molecule has 1 N–H and O–H groups in total. The Labute approximate surface area is 132 Å². The smallest absolute Gasteiger partial charge is 0.0783 e. The molecule has 116 valence electrons. The Hall–Kier alpha value is -0.510. The molecule has 2 aliphatic heterocycles. The third kappa shape index (κ3) is 3.64. The minimum absolute atomic E-state index is 0.0666. The zero-order valence-corrected chi connectivity index (χ0v) is 13.9. The van der Waals surface area contributed by atoms with Crippen molar-refractivity contribution in [2.24, 2.45) is 5.92 Å². The molecule has 0 bridgehead atoms. The van der Waals surface area contributed by atoms with Crippen molar-refractivity contribution in [3.63, 3.8) is 0 Å². The van der Waals surface area contributed by atoms with E-state index < -0.39 is 0 Å². The number of aliphatic hydroxyl groups is 1. The summed E-state index contributed by atoms with van der Waals surface area (Å²) < 4.78 is 6.06. The number of aliphatic hydroxyl groups excluding tert-OH is 1. The summed E-state index contributed by atoms with van der Waals surface area (Å²) in [5, 5.41) is 10.7. The molecular formula is C18H26O2S. The van der Waals surface area contributed by atoms with Crippen LogP contribution in [0.15, 0.2) is 18.2 Å². The third-order valence-electron chi connectivity index (χ3n) is 4.87. The predicted octanol–water partition coefficient (Wildman–Crippen LogP) is 3.51. The Kier molecular flexibility index (Phi) is 4.63. The van der Waals surface area contributed by atoms with Crippen molar-refractivity contribution < 1.29 is 9.84 Å². The van der Waals surface area contributed by atoms with E-state index in [9.17, 15) is 5.11 Å². The van der Waals surface area contributed by atoms with Gasteiger partial charge in [0.15, 0.2) is 0 Å². The van der Waals surface area contributed by atoms with Crippen LogP contribution in [-0.2, 0) is 11.2 Å². The average molecular weight is 306 g/mol. The molecule has 1 aromatic rings. The maximum atomic E-state index is 10.7. The Balaban J connectivity index is 1.65. The highest BCUT2D eigenvalue weighted by atomic mass is 32.2. The molecule has 0 radical (unpaired) electrons. The van der Waals surface area contributed by atoms with E-state index >= 15 is 0 Å². The molecule has 2 saturated heterocycles. The van der Waals surface area contributed by atoms with E-state index in [0.29, 0.717) is 5.92 Å². The van der Waals surface area contributed by atoms with Crippen LogP contribution < -0.4 is 0 Å². The van der Waals surface area contributed by atoms with Gasteiger partial charge >= 0.3 is 0 Å². The lowest BCUT2D eigenvalue weighted by Crippen LogP contribution is -2.43. The van der Waals surface area contributed by atoms with Crippen LogP contribution in [-0.4, -0.2) is 34.9 Å². The second-order valence-corrected chi connectivity index (χ2v) is 7.96. The molecular weight excluding hydrogens is 280 g/mol. The Morgan fingerprint density at radius 1 is 1.33 bits per heavy atom. The van der Waals surface area contributed by atoms with Gasteiger partial charge in [-0.1, -0.05) is 29.3 Å². The Bertz CT molecular complexity index is 474. The van der Waals surface area contributed by atoms with Crippen LogP contribution in [0.5, 0.6) is 0 Å². The third-order valence-corrected chi connectivity index (χ3v) is 6.09. The SMILES string of the molecule is Cc1cc(C)cc(CC(O)C2CCOC3(CCSC3)C2)c1. The summed E-state index contributed by atoms with van der Waals surface area (Å²) in [6.45, 7) is 5.07. The monoisotopic (exact) mass is 306 g/mol. The maximum Gasteiger partial charge on any atom is 0.0783 e. The molecule has 0 amide bonds. The van der Waals surface area contributed by atoms with Crippen molar-refractivity contribution in [2.45, 2.75) is 51.2 Å². The minimum Gasteiger partial charge on any atom is -0.392 e. The van der Waals surface area contributed by atoms with E-state index in [1.807, 2.05) is 11.8 Å². The van der Waals surface area contributed by atoms with Crippen LogP contribution in [0.3, 0.4) is 0 Å². The molecule has 0 aliphatic carbocycles. The fraction of sp³-hybridized carbons (Fsp3) is 0.667. The number of aryl methyl sites for hydroxylation is 2. The molecule has 0 saturated carbocycles. The number of thioether (sulfide) groups is 1. The largest absolute Gasteiger partial charge is 0.392 e. The van der Waals surface area contributed by atoms with Crippen LogP contribution >= 0.6 is 11.8 Å². The first-order valence-corrected chi connectivity index (χ1v) is 9.19. The Morgan fingerprint density at radius 2 is 2.10 bits per heavy atom. The summed E-state index contributed by atoms with van der Waals surface area (Å²) in [6.07, 6.45) is 3.73. The molecule has 3 heteroatoms. The van der Waals surface area contributed by atoms with Gasteiger partial charge in [-0.2, -0.15) is 11.8 Å². The van der Waals surface area contributed by atoms with Crippen LogP contribution in [0.25, 0.3) is 0 Å². The predicted molar refractivity (Wildman–Crippen MR) is 89.0 cm³/mol. The number of hydrogen-bond donors (Lipinski definition) is 1. The second-order valence-electron chi connectivity index (χ2n) is 6.85. The van der Waals surface area contributed by atoms with Crippen molar-refractivity contribution in [1.82, 2.24) is 0 Å². The molecule has 0 aromatic heterocycles. The van der Waals surface area contributed by atoms with E-state index in [1.54, 1.807) is 0 Å². The fourth-order valence-electron chi connectivity index (χ4n) is 3.85. The van der Waals surface area contributed by atoms with Gasteiger partial charge in [0.25, 0.3) is 0 Å². The molecule has 3 unspecified atom stereocenters. The van der Waals surface area contributed by atoms with E-state index in [1.165, 1.54) is 22.4 Å². The second kappa shape index (κ2) is 6.31.